The van der Waals surface area contributed by atoms with Gasteiger partial charge in [-0.2, -0.15) is 0 Å². The van der Waals surface area contributed by atoms with E-state index in [0.29, 0.717) is 19.8 Å². The highest BCUT2D eigenvalue weighted by atomic mass is 32.1. The Labute approximate surface area is 118 Å². The molecular formula is C15H19NO2S. The van der Waals surface area contributed by atoms with Crippen molar-refractivity contribution in [3.05, 3.63) is 45.6 Å². The van der Waals surface area contributed by atoms with Crippen LogP contribution >= 0.6 is 11.3 Å². The number of hydrogen-bond acceptors (Lipinski definition) is 4. The molecule has 0 atom stereocenters. The van der Waals surface area contributed by atoms with Crippen LogP contribution in [0.25, 0.3) is 0 Å². The Kier molecular flexibility index (Phi) is 4.82. The minimum Gasteiger partial charge on any atom is -0.490 e. The highest BCUT2D eigenvalue weighted by Gasteiger charge is 2.08. The van der Waals surface area contributed by atoms with Crippen molar-refractivity contribution >= 4 is 11.3 Å². The quantitative estimate of drug-likeness (QED) is 0.879. The number of aryl methyl sites for hydroxylation is 1. The highest BCUT2D eigenvalue weighted by Crippen LogP contribution is 2.28. The monoisotopic (exact) mass is 277 g/mol. The molecule has 4 heteroatoms. The normalized spacial score (nSPS) is 10.5. The zero-order valence-corrected chi connectivity index (χ0v) is 12.1. The maximum absolute atomic E-state index is 5.86. The van der Waals surface area contributed by atoms with Crippen molar-refractivity contribution in [1.29, 1.82) is 0 Å². The van der Waals surface area contributed by atoms with E-state index in [-0.39, 0.29) is 0 Å². The van der Waals surface area contributed by atoms with Crippen LogP contribution in [0.15, 0.2) is 30.3 Å². The molecule has 19 heavy (non-hydrogen) atoms. The van der Waals surface area contributed by atoms with Crippen LogP contribution in [0, 0.1) is 6.92 Å². The standard InChI is InChI=1S/C15H19NO2S/c1-3-17-14-6-4-5-7-15(14)18-10-12-8-13(9-16)19-11(12)2/h4-8H,3,9-10,16H2,1-2H3. The molecule has 0 spiro atoms. The van der Waals surface area contributed by atoms with E-state index < -0.39 is 0 Å². The van der Waals surface area contributed by atoms with Crippen LogP contribution < -0.4 is 15.2 Å². The van der Waals surface area contributed by atoms with Crippen LogP contribution in [-0.2, 0) is 13.2 Å². The number of para-hydroxylation sites is 2. The Bertz CT molecular complexity index is 537. The summed E-state index contributed by atoms with van der Waals surface area (Å²) in [5.41, 5.74) is 6.84. The maximum atomic E-state index is 5.86. The molecule has 2 aromatic rings. The Morgan fingerprint density at radius 2 is 1.84 bits per heavy atom. The molecule has 0 radical (unpaired) electrons. The first-order chi connectivity index (χ1) is 9.24. The fourth-order valence-electron chi connectivity index (χ4n) is 1.83. The number of hydrogen-bond donors (Lipinski definition) is 1. The lowest BCUT2D eigenvalue weighted by Crippen LogP contribution is -1.99. The highest BCUT2D eigenvalue weighted by molar-refractivity contribution is 7.12. The van der Waals surface area contributed by atoms with Crippen molar-refractivity contribution < 1.29 is 9.47 Å². The fourth-order valence-corrected chi connectivity index (χ4v) is 2.76. The molecular weight excluding hydrogens is 258 g/mol. The molecule has 0 bridgehead atoms. The largest absolute Gasteiger partial charge is 0.490 e. The predicted octanol–water partition coefficient (Wildman–Crippen LogP) is 3.49. The summed E-state index contributed by atoms with van der Waals surface area (Å²) in [4.78, 5) is 2.45. The number of nitrogens with two attached hydrogens (primary N) is 1. The third-order valence-corrected chi connectivity index (χ3v) is 3.92. The van der Waals surface area contributed by atoms with Gasteiger partial charge < -0.3 is 15.2 Å². The van der Waals surface area contributed by atoms with E-state index >= 15 is 0 Å². The van der Waals surface area contributed by atoms with Gasteiger partial charge in [-0.1, -0.05) is 12.1 Å². The number of rotatable bonds is 6. The summed E-state index contributed by atoms with van der Waals surface area (Å²) < 4.78 is 11.4. The lowest BCUT2D eigenvalue weighted by atomic mass is 10.2. The molecule has 0 aliphatic rings. The Morgan fingerprint density at radius 3 is 2.42 bits per heavy atom. The lowest BCUT2D eigenvalue weighted by Gasteiger charge is -2.11. The van der Waals surface area contributed by atoms with E-state index in [4.69, 9.17) is 15.2 Å². The average molecular weight is 277 g/mol. The Hall–Kier alpha value is -1.52. The second-order valence-electron chi connectivity index (χ2n) is 4.17. The maximum Gasteiger partial charge on any atom is 0.161 e. The van der Waals surface area contributed by atoms with Crippen molar-refractivity contribution in [2.24, 2.45) is 5.73 Å². The molecule has 0 saturated carbocycles. The van der Waals surface area contributed by atoms with Crippen LogP contribution in [0.5, 0.6) is 11.5 Å². The zero-order chi connectivity index (χ0) is 13.7. The van der Waals surface area contributed by atoms with Crippen LogP contribution in [-0.4, -0.2) is 6.61 Å². The third kappa shape index (κ3) is 3.49. The Balaban J connectivity index is 2.07. The first kappa shape index (κ1) is 13.9. The SMILES string of the molecule is CCOc1ccccc1OCc1cc(CN)sc1C. The van der Waals surface area contributed by atoms with Crippen LogP contribution in [0.3, 0.4) is 0 Å². The summed E-state index contributed by atoms with van der Waals surface area (Å²) in [6, 6.07) is 9.86. The van der Waals surface area contributed by atoms with E-state index in [0.717, 1.165) is 11.5 Å². The predicted molar refractivity (Wildman–Crippen MR) is 78.9 cm³/mol. The van der Waals surface area contributed by atoms with Gasteiger partial charge in [-0.3, -0.25) is 0 Å². The van der Waals surface area contributed by atoms with Gasteiger partial charge in [0.15, 0.2) is 11.5 Å². The minimum absolute atomic E-state index is 0.548. The molecule has 0 unspecified atom stereocenters. The van der Waals surface area contributed by atoms with Gasteiger partial charge in [0.2, 0.25) is 0 Å². The summed E-state index contributed by atoms with van der Waals surface area (Å²) >= 11 is 1.73. The van der Waals surface area contributed by atoms with Crippen molar-refractivity contribution in [3.8, 4) is 11.5 Å². The van der Waals surface area contributed by atoms with Gasteiger partial charge in [0.05, 0.1) is 6.61 Å². The van der Waals surface area contributed by atoms with Crippen LogP contribution in [0.4, 0.5) is 0 Å². The minimum atomic E-state index is 0.548. The third-order valence-electron chi connectivity index (χ3n) is 2.80. The van der Waals surface area contributed by atoms with Gasteiger partial charge in [0.25, 0.3) is 0 Å². The van der Waals surface area contributed by atoms with Gasteiger partial charge in [-0.05, 0) is 32.0 Å². The average Bonchev–Trinajstić information content (AvgIpc) is 2.79. The molecule has 0 aliphatic carbocycles. The molecule has 0 amide bonds. The molecule has 1 aromatic heterocycles. The van der Waals surface area contributed by atoms with Gasteiger partial charge >= 0.3 is 0 Å². The topological polar surface area (TPSA) is 44.5 Å². The molecule has 2 N–H and O–H groups in total. The molecule has 3 nitrogen and oxygen atoms in total. The van der Waals surface area contributed by atoms with Gasteiger partial charge in [0.1, 0.15) is 6.61 Å². The van der Waals surface area contributed by atoms with Crippen molar-refractivity contribution in [1.82, 2.24) is 0 Å². The van der Waals surface area contributed by atoms with Crippen molar-refractivity contribution in [2.45, 2.75) is 27.0 Å². The van der Waals surface area contributed by atoms with Gasteiger partial charge in [-0.15, -0.1) is 11.3 Å². The van der Waals surface area contributed by atoms with E-state index in [2.05, 4.69) is 13.0 Å². The fraction of sp³-hybridized carbons (Fsp3) is 0.333. The molecule has 1 aromatic carbocycles. The van der Waals surface area contributed by atoms with E-state index in [9.17, 15) is 0 Å². The molecule has 102 valence electrons. The number of thiophene rings is 1. The smallest absolute Gasteiger partial charge is 0.161 e. The number of ether oxygens (including phenoxy) is 2. The van der Waals surface area contributed by atoms with E-state index in [1.165, 1.54) is 15.3 Å². The number of benzene rings is 1. The summed E-state index contributed by atoms with van der Waals surface area (Å²) in [6.45, 7) is 5.83. The zero-order valence-electron chi connectivity index (χ0n) is 11.3. The van der Waals surface area contributed by atoms with Crippen LogP contribution in [0.1, 0.15) is 22.2 Å². The Morgan fingerprint density at radius 1 is 1.16 bits per heavy atom. The van der Waals surface area contributed by atoms with Crippen LogP contribution in [0.2, 0.25) is 0 Å². The van der Waals surface area contributed by atoms with Gasteiger partial charge in [-0.25, -0.2) is 0 Å². The summed E-state index contributed by atoms with van der Waals surface area (Å²) in [7, 11) is 0. The van der Waals surface area contributed by atoms with E-state index in [1.54, 1.807) is 11.3 Å². The second-order valence-corrected chi connectivity index (χ2v) is 5.51. The summed E-state index contributed by atoms with van der Waals surface area (Å²) in [6.07, 6.45) is 0. The lowest BCUT2D eigenvalue weighted by molar-refractivity contribution is 0.269. The van der Waals surface area contributed by atoms with Gasteiger partial charge in [0, 0.05) is 21.9 Å². The first-order valence-corrected chi connectivity index (χ1v) is 7.19. The molecule has 0 fully saturated rings. The summed E-state index contributed by atoms with van der Waals surface area (Å²) in [5.74, 6) is 1.57. The van der Waals surface area contributed by atoms with Crippen molar-refractivity contribution in [2.75, 3.05) is 6.61 Å². The second kappa shape index (κ2) is 6.59. The summed E-state index contributed by atoms with van der Waals surface area (Å²) in [5, 5.41) is 0. The molecule has 0 aliphatic heterocycles. The van der Waals surface area contributed by atoms with E-state index in [1.807, 2.05) is 31.2 Å². The molecule has 1 heterocycles. The molecule has 2 rings (SSSR count). The first-order valence-electron chi connectivity index (χ1n) is 6.37. The molecule has 0 saturated heterocycles. The van der Waals surface area contributed by atoms with Crippen molar-refractivity contribution in [3.63, 3.8) is 0 Å².